The molecular weight excluding hydrogens is 302 g/mol. The Morgan fingerprint density at radius 3 is 2.42 bits per heavy atom. The maximum absolute atomic E-state index is 12.0. The van der Waals surface area contributed by atoms with Crippen molar-refractivity contribution >= 4 is 17.6 Å². The van der Waals surface area contributed by atoms with Crippen LogP contribution >= 0.6 is 0 Å². The van der Waals surface area contributed by atoms with E-state index in [9.17, 15) is 9.59 Å². The molecule has 2 aromatic rings. The van der Waals surface area contributed by atoms with E-state index in [-0.39, 0.29) is 12.5 Å². The highest BCUT2D eigenvalue weighted by molar-refractivity contribution is 6.02. The van der Waals surface area contributed by atoms with Crippen molar-refractivity contribution < 1.29 is 9.59 Å². The third-order valence-corrected chi connectivity index (χ3v) is 3.81. The van der Waals surface area contributed by atoms with Crippen molar-refractivity contribution in [3.63, 3.8) is 0 Å². The highest BCUT2D eigenvalue weighted by Gasteiger charge is 2.12. The van der Waals surface area contributed by atoms with Crippen LogP contribution in [0.5, 0.6) is 0 Å². The van der Waals surface area contributed by atoms with Gasteiger partial charge in [-0.15, -0.1) is 0 Å². The van der Waals surface area contributed by atoms with Crippen molar-refractivity contribution in [1.82, 2.24) is 10.2 Å². The predicted molar refractivity (Wildman–Crippen MR) is 95.9 cm³/mol. The minimum atomic E-state index is -0.512. The summed E-state index contributed by atoms with van der Waals surface area (Å²) in [6.45, 7) is 4.70. The number of imide groups is 1. The number of amides is 3. The number of rotatable bonds is 5. The summed E-state index contributed by atoms with van der Waals surface area (Å²) in [5.41, 5.74) is 3.90. The lowest BCUT2D eigenvalue weighted by Crippen LogP contribution is -2.40. The van der Waals surface area contributed by atoms with Gasteiger partial charge in [-0.05, 0) is 43.7 Å². The summed E-state index contributed by atoms with van der Waals surface area (Å²) < 4.78 is 0. The summed E-state index contributed by atoms with van der Waals surface area (Å²) in [5.74, 6) is -0.337. The topological polar surface area (TPSA) is 61.4 Å². The number of aryl methyl sites for hydroxylation is 1. The van der Waals surface area contributed by atoms with Crippen molar-refractivity contribution in [2.24, 2.45) is 0 Å². The number of hydrogen-bond acceptors (Lipinski definition) is 3. The summed E-state index contributed by atoms with van der Waals surface area (Å²) in [7, 11) is 1.84. The van der Waals surface area contributed by atoms with E-state index in [4.69, 9.17) is 0 Å². The monoisotopic (exact) mass is 325 g/mol. The third-order valence-electron chi connectivity index (χ3n) is 3.81. The molecule has 0 heterocycles. The second kappa shape index (κ2) is 8.26. The molecule has 5 heteroatoms. The highest BCUT2D eigenvalue weighted by atomic mass is 16.2. The van der Waals surface area contributed by atoms with Crippen molar-refractivity contribution in [3.05, 3.63) is 65.2 Å². The molecule has 0 radical (unpaired) electrons. The first-order chi connectivity index (χ1) is 11.5. The van der Waals surface area contributed by atoms with Gasteiger partial charge in [0.15, 0.2) is 0 Å². The van der Waals surface area contributed by atoms with Crippen LogP contribution in [0.4, 0.5) is 10.5 Å². The van der Waals surface area contributed by atoms with Gasteiger partial charge in [0.1, 0.15) is 0 Å². The van der Waals surface area contributed by atoms with Gasteiger partial charge >= 0.3 is 6.03 Å². The molecule has 2 rings (SSSR count). The lowest BCUT2D eigenvalue weighted by Gasteiger charge is -2.16. The van der Waals surface area contributed by atoms with E-state index in [1.807, 2.05) is 74.3 Å². The van der Waals surface area contributed by atoms with Gasteiger partial charge in [0.2, 0.25) is 5.91 Å². The summed E-state index contributed by atoms with van der Waals surface area (Å²) >= 11 is 0. The Morgan fingerprint density at radius 1 is 1.00 bits per heavy atom. The Hall–Kier alpha value is -2.66. The quantitative estimate of drug-likeness (QED) is 0.888. The number of carbonyl (C=O) groups is 2. The zero-order valence-electron chi connectivity index (χ0n) is 14.3. The number of likely N-dealkylation sites (N-methyl/N-ethyl adjacent to an activating group) is 1. The summed E-state index contributed by atoms with van der Waals surface area (Å²) in [6, 6.07) is 15.0. The van der Waals surface area contributed by atoms with Crippen LogP contribution in [0.1, 0.15) is 16.7 Å². The van der Waals surface area contributed by atoms with Crippen molar-refractivity contribution in [1.29, 1.82) is 0 Å². The molecule has 0 aliphatic carbocycles. The maximum Gasteiger partial charge on any atom is 0.325 e. The maximum atomic E-state index is 12.0. The second-order valence-electron chi connectivity index (χ2n) is 5.91. The number of nitrogens with zero attached hydrogens (tertiary/aromatic N) is 1. The van der Waals surface area contributed by atoms with Crippen LogP contribution in [0.2, 0.25) is 0 Å². The molecule has 3 amide bonds. The van der Waals surface area contributed by atoms with Crippen LogP contribution in [0.25, 0.3) is 0 Å². The molecule has 0 aliphatic rings. The standard InChI is InChI=1S/C19H23N3O2/c1-14-8-7-11-17(15(14)2)20-19(24)21-18(23)13-22(3)12-16-9-5-4-6-10-16/h4-11H,12-13H2,1-3H3,(H2,20,21,23,24). The average molecular weight is 325 g/mol. The molecule has 0 atom stereocenters. The summed E-state index contributed by atoms with van der Waals surface area (Å²) in [6.07, 6.45) is 0. The van der Waals surface area contributed by atoms with E-state index in [1.54, 1.807) is 0 Å². The normalized spacial score (nSPS) is 10.5. The number of anilines is 1. The van der Waals surface area contributed by atoms with Crippen LogP contribution in [0.3, 0.4) is 0 Å². The van der Waals surface area contributed by atoms with E-state index in [0.29, 0.717) is 12.2 Å². The van der Waals surface area contributed by atoms with E-state index >= 15 is 0 Å². The SMILES string of the molecule is Cc1cccc(NC(=O)NC(=O)CN(C)Cc2ccccc2)c1C. The van der Waals surface area contributed by atoms with Crippen LogP contribution in [0.15, 0.2) is 48.5 Å². The Morgan fingerprint density at radius 2 is 1.71 bits per heavy atom. The van der Waals surface area contributed by atoms with Gasteiger partial charge in [-0.25, -0.2) is 4.79 Å². The first-order valence-corrected chi connectivity index (χ1v) is 7.85. The third kappa shape index (κ3) is 5.21. The molecular formula is C19H23N3O2. The Balaban J connectivity index is 1.83. The lowest BCUT2D eigenvalue weighted by molar-refractivity contribution is -0.120. The number of carbonyl (C=O) groups excluding carboxylic acids is 2. The Kier molecular flexibility index (Phi) is 6.09. The first kappa shape index (κ1) is 17.7. The fraction of sp³-hybridized carbons (Fsp3) is 0.263. The molecule has 0 bridgehead atoms. The fourth-order valence-electron chi connectivity index (χ4n) is 2.40. The van der Waals surface area contributed by atoms with Crippen LogP contribution in [-0.2, 0) is 11.3 Å². The average Bonchev–Trinajstić information content (AvgIpc) is 2.52. The van der Waals surface area contributed by atoms with Gasteiger partial charge in [-0.2, -0.15) is 0 Å². The predicted octanol–water partition coefficient (Wildman–Crippen LogP) is 3.08. The zero-order valence-corrected chi connectivity index (χ0v) is 14.3. The summed E-state index contributed by atoms with van der Waals surface area (Å²) in [4.78, 5) is 25.8. The molecule has 0 aromatic heterocycles. The molecule has 0 fully saturated rings. The van der Waals surface area contributed by atoms with Gasteiger partial charge in [-0.1, -0.05) is 42.5 Å². The van der Waals surface area contributed by atoms with Crippen molar-refractivity contribution in [2.75, 3.05) is 18.9 Å². The number of urea groups is 1. The fourth-order valence-corrected chi connectivity index (χ4v) is 2.40. The van der Waals surface area contributed by atoms with Crippen molar-refractivity contribution in [2.45, 2.75) is 20.4 Å². The molecule has 24 heavy (non-hydrogen) atoms. The van der Waals surface area contributed by atoms with Gasteiger partial charge in [0.25, 0.3) is 0 Å². The van der Waals surface area contributed by atoms with Gasteiger partial charge in [-0.3, -0.25) is 15.0 Å². The smallest absolute Gasteiger partial charge is 0.307 e. The molecule has 0 saturated carbocycles. The van der Waals surface area contributed by atoms with E-state index in [2.05, 4.69) is 10.6 Å². The number of benzene rings is 2. The summed E-state index contributed by atoms with van der Waals surface area (Å²) in [5, 5.41) is 5.08. The molecule has 2 N–H and O–H groups in total. The van der Waals surface area contributed by atoms with Crippen LogP contribution in [0, 0.1) is 13.8 Å². The van der Waals surface area contributed by atoms with Gasteiger partial charge in [0.05, 0.1) is 6.54 Å². The van der Waals surface area contributed by atoms with E-state index in [1.165, 1.54) is 0 Å². The first-order valence-electron chi connectivity index (χ1n) is 7.85. The van der Waals surface area contributed by atoms with Gasteiger partial charge in [0, 0.05) is 12.2 Å². The van der Waals surface area contributed by atoms with Crippen LogP contribution in [-0.4, -0.2) is 30.4 Å². The Labute approximate surface area is 142 Å². The number of nitrogens with one attached hydrogen (secondary N) is 2. The molecule has 0 unspecified atom stereocenters. The molecule has 0 saturated heterocycles. The van der Waals surface area contributed by atoms with E-state index in [0.717, 1.165) is 16.7 Å². The lowest BCUT2D eigenvalue weighted by atomic mass is 10.1. The Bertz CT molecular complexity index is 714. The van der Waals surface area contributed by atoms with E-state index < -0.39 is 6.03 Å². The number of hydrogen-bond donors (Lipinski definition) is 2. The van der Waals surface area contributed by atoms with Crippen LogP contribution < -0.4 is 10.6 Å². The van der Waals surface area contributed by atoms with Crippen molar-refractivity contribution in [3.8, 4) is 0 Å². The second-order valence-corrected chi connectivity index (χ2v) is 5.91. The molecule has 0 aliphatic heterocycles. The minimum Gasteiger partial charge on any atom is -0.307 e. The molecule has 126 valence electrons. The minimum absolute atomic E-state index is 0.148. The molecule has 0 spiro atoms. The highest BCUT2D eigenvalue weighted by Crippen LogP contribution is 2.17. The largest absolute Gasteiger partial charge is 0.325 e. The molecule has 2 aromatic carbocycles. The zero-order chi connectivity index (χ0) is 17.5. The van der Waals surface area contributed by atoms with Gasteiger partial charge < -0.3 is 5.32 Å². The molecule has 5 nitrogen and oxygen atoms in total.